The lowest BCUT2D eigenvalue weighted by molar-refractivity contribution is 0.299. The highest BCUT2D eigenvalue weighted by molar-refractivity contribution is 6.14. The van der Waals surface area contributed by atoms with E-state index in [1.807, 2.05) is 0 Å². The highest BCUT2D eigenvalue weighted by Gasteiger charge is 2.46. The SMILES string of the molecule is CC1(C)c2ccccc2-c2ccc3ccc(N(c4ccc5c(c4)C(C)(C)C(C)(C)c4ccccc4-5)c4cccc5c6ccccc6n(-c6ccccc6)c45)cc3c21. The molecule has 2 aliphatic carbocycles. The maximum atomic E-state index is 2.54. The van der Waals surface area contributed by atoms with E-state index in [0.29, 0.717) is 0 Å². The molecule has 2 heteroatoms. The summed E-state index contributed by atoms with van der Waals surface area (Å²) in [7, 11) is 0. The molecule has 0 aliphatic heterocycles. The summed E-state index contributed by atoms with van der Waals surface area (Å²) in [5.74, 6) is 0. The van der Waals surface area contributed by atoms with Crippen LogP contribution in [0.2, 0.25) is 0 Å². The van der Waals surface area contributed by atoms with Gasteiger partial charge in [-0.25, -0.2) is 0 Å². The van der Waals surface area contributed by atoms with E-state index < -0.39 is 0 Å². The zero-order valence-electron chi connectivity index (χ0n) is 33.6. The van der Waals surface area contributed by atoms with Crippen molar-refractivity contribution in [1.82, 2.24) is 4.57 Å². The topological polar surface area (TPSA) is 8.17 Å². The van der Waals surface area contributed by atoms with Crippen LogP contribution >= 0.6 is 0 Å². The molecule has 0 fully saturated rings. The van der Waals surface area contributed by atoms with E-state index in [4.69, 9.17) is 0 Å². The maximum Gasteiger partial charge on any atom is 0.0782 e. The van der Waals surface area contributed by atoms with Crippen molar-refractivity contribution in [2.75, 3.05) is 4.90 Å². The summed E-state index contributed by atoms with van der Waals surface area (Å²) in [5, 5.41) is 5.06. The van der Waals surface area contributed by atoms with Crippen LogP contribution in [0.4, 0.5) is 17.1 Å². The molecule has 0 N–H and O–H groups in total. The van der Waals surface area contributed by atoms with Crippen LogP contribution in [0, 0.1) is 0 Å². The summed E-state index contributed by atoms with van der Waals surface area (Å²) < 4.78 is 2.47. The zero-order valence-corrected chi connectivity index (χ0v) is 33.6. The van der Waals surface area contributed by atoms with E-state index in [1.165, 1.54) is 77.1 Å². The van der Waals surface area contributed by atoms with Crippen molar-refractivity contribution >= 4 is 49.6 Å². The van der Waals surface area contributed by atoms with Gasteiger partial charge in [0.05, 0.1) is 16.7 Å². The molecule has 57 heavy (non-hydrogen) atoms. The minimum atomic E-state index is -0.136. The van der Waals surface area contributed by atoms with Gasteiger partial charge in [0.25, 0.3) is 0 Å². The largest absolute Gasteiger partial charge is 0.308 e. The van der Waals surface area contributed by atoms with E-state index in [9.17, 15) is 0 Å². The molecule has 0 spiro atoms. The zero-order chi connectivity index (χ0) is 38.8. The summed E-state index contributed by atoms with van der Waals surface area (Å²) in [6.07, 6.45) is 0. The van der Waals surface area contributed by atoms with Crippen LogP contribution in [-0.4, -0.2) is 4.57 Å². The fourth-order valence-electron chi connectivity index (χ4n) is 10.6. The van der Waals surface area contributed by atoms with Gasteiger partial charge in [0.1, 0.15) is 0 Å². The Labute approximate surface area is 335 Å². The van der Waals surface area contributed by atoms with Crippen LogP contribution in [0.1, 0.15) is 63.8 Å². The minimum absolute atomic E-state index is 0.0795. The number of hydrogen-bond donors (Lipinski definition) is 0. The first kappa shape index (κ1) is 33.9. The molecule has 0 saturated carbocycles. The normalized spacial score (nSPS) is 15.6. The lowest BCUT2D eigenvalue weighted by Crippen LogP contribution is -2.43. The Morgan fingerprint density at radius 1 is 0.421 bits per heavy atom. The van der Waals surface area contributed by atoms with Gasteiger partial charge in [-0.3, -0.25) is 0 Å². The van der Waals surface area contributed by atoms with Crippen LogP contribution in [-0.2, 0) is 16.2 Å². The molecule has 1 aromatic heterocycles. The van der Waals surface area contributed by atoms with Crippen molar-refractivity contribution in [2.45, 2.75) is 57.8 Å². The second-order valence-corrected chi connectivity index (χ2v) is 17.8. The van der Waals surface area contributed by atoms with Crippen molar-refractivity contribution in [2.24, 2.45) is 0 Å². The van der Waals surface area contributed by atoms with Gasteiger partial charge in [0, 0.05) is 33.2 Å². The Morgan fingerprint density at radius 3 is 1.81 bits per heavy atom. The van der Waals surface area contributed by atoms with Gasteiger partial charge < -0.3 is 9.47 Å². The lowest BCUT2D eigenvalue weighted by atomic mass is 9.55. The molecule has 0 unspecified atom stereocenters. The molecule has 0 radical (unpaired) electrons. The highest BCUT2D eigenvalue weighted by atomic mass is 15.2. The summed E-state index contributed by atoms with van der Waals surface area (Å²) in [5.41, 5.74) is 17.6. The monoisotopic (exact) mass is 734 g/mol. The van der Waals surface area contributed by atoms with Gasteiger partial charge in [-0.1, -0.05) is 163 Å². The number of nitrogens with zero attached hydrogens (tertiary/aromatic N) is 2. The fraction of sp³-hybridized carbons (Fsp3) is 0.164. The summed E-state index contributed by atoms with van der Waals surface area (Å²) in [4.78, 5) is 2.54. The summed E-state index contributed by atoms with van der Waals surface area (Å²) >= 11 is 0. The third kappa shape index (κ3) is 4.59. The molecular weight excluding hydrogens is 689 g/mol. The average molecular weight is 735 g/mol. The third-order valence-electron chi connectivity index (χ3n) is 14.1. The van der Waals surface area contributed by atoms with Gasteiger partial charge in [-0.05, 0) is 115 Å². The molecule has 0 saturated heterocycles. The first-order chi connectivity index (χ1) is 27.6. The van der Waals surface area contributed by atoms with Crippen LogP contribution in [0.25, 0.3) is 60.5 Å². The number of rotatable bonds is 4. The summed E-state index contributed by atoms with van der Waals surface area (Å²) in [6.45, 7) is 14.5. The fourth-order valence-corrected chi connectivity index (χ4v) is 10.6. The second-order valence-electron chi connectivity index (χ2n) is 17.8. The van der Waals surface area contributed by atoms with Crippen molar-refractivity contribution in [3.63, 3.8) is 0 Å². The van der Waals surface area contributed by atoms with Gasteiger partial charge in [0.15, 0.2) is 0 Å². The first-order valence-corrected chi connectivity index (χ1v) is 20.4. The van der Waals surface area contributed by atoms with E-state index in [0.717, 1.165) is 22.7 Å². The molecule has 8 aromatic carbocycles. The highest BCUT2D eigenvalue weighted by Crippen LogP contribution is 2.56. The molecule has 276 valence electrons. The Kier molecular flexibility index (Phi) is 7.03. The predicted molar refractivity (Wildman–Crippen MR) is 242 cm³/mol. The Morgan fingerprint density at radius 2 is 1.00 bits per heavy atom. The van der Waals surface area contributed by atoms with Crippen molar-refractivity contribution in [3.05, 3.63) is 192 Å². The molecular formula is C55H46N2. The predicted octanol–water partition coefficient (Wildman–Crippen LogP) is 14.9. The Bertz CT molecular complexity index is 3100. The number of anilines is 3. The standard InChI is InChI=1S/C55H46N2/c1-53(2)46-23-13-10-20-40(46)43-31-28-35-27-29-37(33-45(35)51(43)53)56(38-30-32-41-39-19-11-14-24-47(39)54(3,4)55(5,6)48(41)34-38)50-26-16-22-44-42-21-12-15-25-49(42)57(52(44)50)36-17-8-7-9-18-36/h7-34H,1-6H3. The molecule has 0 bridgehead atoms. The van der Waals surface area contributed by atoms with Gasteiger partial charge in [0.2, 0.25) is 0 Å². The van der Waals surface area contributed by atoms with Crippen LogP contribution in [0.15, 0.2) is 170 Å². The van der Waals surface area contributed by atoms with Gasteiger partial charge in [-0.2, -0.15) is 0 Å². The minimum Gasteiger partial charge on any atom is -0.308 e. The van der Waals surface area contributed by atoms with Gasteiger partial charge >= 0.3 is 0 Å². The van der Waals surface area contributed by atoms with Crippen LogP contribution < -0.4 is 4.90 Å². The Balaban J connectivity index is 1.24. The van der Waals surface area contributed by atoms with Crippen molar-refractivity contribution < 1.29 is 0 Å². The number of benzene rings is 8. The van der Waals surface area contributed by atoms with E-state index >= 15 is 0 Å². The average Bonchev–Trinajstić information content (AvgIpc) is 3.70. The molecule has 2 nitrogen and oxygen atoms in total. The van der Waals surface area contributed by atoms with Gasteiger partial charge in [-0.15, -0.1) is 0 Å². The van der Waals surface area contributed by atoms with E-state index in [1.54, 1.807) is 0 Å². The third-order valence-corrected chi connectivity index (χ3v) is 14.1. The maximum absolute atomic E-state index is 2.54. The number of hydrogen-bond acceptors (Lipinski definition) is 1. The molecule has 2 aliphatic rings. The van der Waals surface area contributed by atoms with Crippen LogP contribution in [0.3, 0.4) is 0 Å². The van der Waals surface area contributed by atoms with Crippen molar-refractivity contribution in [1.29, 1.82) is 0 Å². The van der Waals surface area contributed by atoms with E-state index in [2.05, 4.69) is 221 Å². The van der Waals surface area contributed by atoms with E-state index in [-0.39, 0.29) is 16.2 Å². The molecule has 1 heterocycles. The molecule has 0 amide bonds. The van der Waals surface area contributed by atoms with Crippen molar-refractivity contribution in [3.8, 4) is 27.9 Å². The number of fused-ring (bicyclic) bond motifs is 11. The second kappa shape index (κ2) is 11.8. The first-order valence-electron chi connectivity index (χ1n) is 20.4. The molecule has 9 aromatic rings. The lowest BCUT2D eigenvalue weighted by Gasteiger charge is -2.48. The summed E-state index contributed by atoms with van der Waals surface area (Å²) in [6, 6.07) is 63.6. The quantitative estimate of drug-likeness (QED) is 0.175. The number of aromatic nitrogens is 1. The molecule has 0 atom stereocenters. The molecule has 11 rings (SSSR count). The Hall–Kier alpha value is -6.38. The van der Waals surface area contributed by atoms with Crippen LogP contribution in [0.5, 0.6) is 0 Å². The smallest absolute Gasteiger partial charge is 0.0782 e. The number of para-hydroxylation sites is 3.